The smallest absolute Gasteiger partial charge is 0.320 e. The van der Waals surface area contributed by atoms with Gasteiger partial charge < -0.3 is 10.2 Å². The van der Waals surface area contributed by atoms with Gasteiger partial charge in [0.15, 0.2) is 0 Å². The third-order valence-corrected chi connectivity index (χ3v) is 5.56. The largest absolute Gasteiger partial charge is 0.324 e. The molecular formula is C24H21ClFN3O2. The van der Waals surface area contributed by atoms with Gasteiger partial charge in [-0.3, -0.25) is 9.69 Å². The second kappa shape index (κ2) is 9.18. The Balaban J connectivity index is 1.57. The van der Waals surface area contributed by atoms with E-state index in [1.807, 2.05) is 18.2 Å². The van der Waals surface area contributed by atoms with E-state index in [0.29, 0.717) is 36.0 Å². The molecule has 0 spiro atoms. The topological polar surface area (TPSA) is 52.7 Å². The Morgan fingerprint density at radius 1 is 0.968 bits per heavy atom. The van der Waals surface area contributed by atoms with E-state index >= 15 is 0 Å². The Kier molecular flexibility index (Phi) is 6.18. The minimum Gasteiger partial charge on any atom is -0.320 e. The summed E-state index contributed by atoms with van der Waals surface area (Å²) in [4.78, 5) is 29.2. The molecule has 3 amide bonds. The number of hydrogen-bond donors (Lipinski definition) is 1. The van der Waals surface area contributed by atoms with Gasteiger partial charge in [-0.1, -0.05) is 54.1 Å². The molecule has 5 nitrogen and oxygen atoms in total. The summed E-state index contributed by atoms with van der Waals surface area (Å²) in [5.41, 5.74) is 1.84. The van der Waals surface area contributed by atoms with Crippen LogP contribution in [0.5, 0.6) is 0 Å². The van der Waals surface area contributed by atoms with Gasteiger partial charge in [-0.25, -0.2) is 9.18 Å². The van der Waals surface area contributed by atoms with Gasteiger partial charge in [-0.05, 0) is 42.3 Å². The van der Waals surface area contributed by atoms with Crippen molar-refractivity contribution >= 4 is 34.9 Å². The van der Waals surface area contributed by atoms with Crippen LogP contribution in [0.15, 0.2) is 72.8 Å². The molecule has 0 bridgehead atoms. The van der Waals surface area contributed by atoms with Crippen molar-refractivity contribution in [1.82, 2.24) is 4.90 Å². The number of rotatable bonds is 5. The van der Waals surface area contributed by atoms with Crippen LogP contribution in [0.1, 0.15) is 22.3 Å². The fourth-order valence-corrected chi connectivity index (χ4v) is 3.83. The number of halogens is 2. The first-order valence-corrected chi connectivity index (χ1v) is 10.4. The van der Waals surface area contributed by atoms with Crippen molar-refractivity contribution < 1.29 is 14.0 Å². The van der Waals surface area contributed by atoms with E-state index in [1.165, 1.54) is 18.2 Å². The maximum atomic E-state index is 14.0. The van der Waals surface area contributed by atoms with E-state index in [4.69, 9.17) is 11.6 Å². The van der Waals surface area contributed by atoms with E-state index in [2.05, 4.69) is 5.32 Å². The number of carbonyl (C=O) groups is 2. The molecule has 0 aromatic heterocycles. The molecule has 1 aliphatic rings. The first-order valence-electron chi connectivity index (χ1n) is 9.99. The molecule has 0 atom stereocenters. The van der Waals surface area contributed by atoms with Crippen molar-refractivity contribution in [3.05, 3.63) is 94.8 Å². The number of amides is 3. The number of nitrogens with zero attached hydrogens (tertiary/aromatic N) is 2. The zero-order valence-electron chi connectivity index (χ0n) is 16.7. The van der Waals surface area contributed by atoms with Crippen LogP contribution in [0.3, 0.4) is 0 Å². The van der Waals surface area contributed by atoms with Gasteiger partial charge in [0.2, 0.25) is 0 Å². The molecular weight excluding hydrogens is 417 g/mol. The lowest BCUT2D eigenvalue weighted by Crippen LogP contribution is -2.49. The minimum absolute atomic E-state index is 0.0531. The van der Waals surface area contributed by atoms with Crippen molar-refractivity contribution in [2.24, 2.45) is 0 Å². The van der Waals surface area contributed by atoms with Crippen LogP contribution in [-0.4, -0.2) is 29.9 Å². The van der Waals surface area contributed by atoms with Crippen LogP contribution in [0.25, 0.3) is 0 Å². The maximum Gasteiger partial charge on any atom is 0.324 e. The Labute approximate surface area is 185 Å². The Hall–Kier alpha value is -3.38. The second-order valence-electron chi connectivity index (χ2n) is 7.25. The van der Waals surface area contributed by atoms with Crippen molar-refractivity contribution in [3.63, 3.8) is 0 Å². The molecule has 4 rings (SSSR count). The van der Waals surface area contributed by atoms with Gasteiger partial charge in [0.05, 0.1) is 16.9 Å². The number of para-hydroxylation sites is 2. The lowest BCUT2D eigenvalue weighted by Gasteiger charge is -2.36. The van der Waals surface area contributed by atoms with Gasteiger partial charge in [-0.15, -0.1) is 0 Å². The first-order chi connectivity index (χ1) is 15.0. The van der Waals surface area contributed by atoms with Crippen molar-refractivity contribution in [3.8, 4) is 0 Å². The summed E-state index contributed by atoms with van der Waals surface area (Å²) in [6, 6.07) is 20.1. The zero-order chi connectivity index (χ0) is 21.8. The van der Waals surface area contributed by atoms with Crippen LogP contribution in [0.4, 0.5) is 20.6 Å². The molecule has 0 unspecified atom stereocenters. The fraction of sp³-hybridized carbons (Fsp3) is 0.167. The lowest BCUT2D eigenvalue weighted by molar-refractivity contribution is 0.102. The SMILES string of the molecule is O=C(Nc1ccccc1N1CCCN(Cc2ccccc2Cl)C1=O)c1ccccc1F. The van der Waals surface area contributed by atoms with E-state index in [-0.39, 0.29) is 11.6 Å². The number of benzene rings is 3. The van der Waals surface area contributed by atoms with Gasteiger partial charge in [-0.2, -0.15) is 0 Å². The molecule has 158 valence electrons. The van der Waals surface area contributed by atoms with Gasteiger partial charge in [0.1, 0.15) is 5.82 Å². The van der Waals surface area contributed by atoms with Crippen molar-refractivity contribution in [1.29, 1.82) is 0 Å². The quantitative estimate of drug-likeness (QED) is 0.567. The molecule has 1 aliphatic heterocycles. The summed E-state index contributed by atoms with van der Waals surface area (Å²) in [5.74, 6) is -1.17. The predicted octanol–water partition coefficient (Wildman–Crippen LogP) is 5.56. The number of urea groups is 1. The summed E-state index contributed by atoms with van der Waals surface area (Å²) in [5, 5.41) is 3.36. The standard InChI is InChI=1S/C24H21ClFN3O2/c25-19-10-3-1-8-17(19)16-28-14-7-15-29(24(28)31)22-13-6-5-12-21(22)27-23(30)18-9-2-4-11-20(18)26/h1-6,8-13H,7,14-16H2,(H,27,30). The zero-order valence-corrected chi connectivity index (χ0v) is 17.5. The number of carbonyl (C=O) groups excluding carboxylic acids is 2. The number of nitrogens with one attached hydrogen (secondary N) is 1. The highest BCUT2D eigenvalue weighted by Crippen LogP contribution is 2.30. The normalized spacial score (nSPS) is 13.9. The summed E-state index contributed by atoms with van der Waals surface area (Å²) >= 11 is 6.27. The summed E-state index contributed by atoms with van der Waals surface area (Å²) < 4.78 is 14.0. The third-order valence-electron chi connectivity index (χ3n) is 5.19. The van der Waals surface area contributed by atoms with Crippen LogP contribution in [-0.2, 0) is 6.54 Å². The van der Waals surface area contributed by atoms with Gasteiger partial charge in [0, 0.05) is 24.7 Å². The first kappa shape index (κ1) is 20.9. The highest BCUT2D eigenvalue weighted by molar-refractivity contribution is 6.31. The molecule has 1 N–H and O–H groups in total. The molecule has 1 saturated heterocycles. The molecule has 1 heterocycles. The van der Waals surface area contributed by atoms with Crippen molar-refractivity contribution in [2.45, 2.75) is 13.0 Å². The van der Waals surface area contributed by atoms with Crippen LogP contribution < -0.4 is 10.2 Å². The summed E-state index contributed by atoms with van der Waals surface area (Å²) in [6.07, 6.45) is 0.770. The molecule has 1 fully saturated rings. The molecule has 7 heteroatoms. The lowest BCUT2D eigenvalue weighted by atomic mass is 10.1. The highest BCUT2D eigenvalue weighted by atomic mass is 35.5. The van der Waals surface area contributed by atoms with E-state index < -0.39 is 11.7 Å². The van der Waals surface area contributed by atoms with Gasteiger partial charge >= 0.3 is 6.03 Å². The molecule has 31 heavy (non-hydrogen) atoms. The monoisotopic (exact) mass is 437 g/mol. The molecule has 3 aromatic rings. The average Bonchev–Trinajstić information content (AvgIpc) is 2.77. The number of anilines is 2. The summed E-state index contributed by atoms with van der Waals surface area (Å²) in [6.45, 7) is 1.54. The van der Waals surface area contributed by atoms with Gasteiger partial charge in [0.25, 0.3) is 5.91 Å². The molecule has 0 aliphatic carbocycles. The van der Waals surface area contributed by atoms with E-state index in [1.54, 1.807) is 46.2 Å². The Morgan fingerprint density at radius 2 is 1.68 bits per heavy atom. The van der Waals surface area contributed by atoms with Crippen molar-refractivity contribution in [2.75, 3.05) is 23.3 Å². The molecule has 0 radical (unpaired) electrons. The highest BCUT2D eigenvalue weighted by Gasteiger charge is 2.29. The van der Waals surface area contributed by atoms with Crippen LogP contribution in [0, 0.1) is 5.82 Å². The van der Waals surface area contributed by atoms with E-state index in [9.17, 15) is 14.0 Å². The Bertz CT molecular complexity index is 1120. The molecule has 0 saturated carbocycles. The van der Waals surface area contributed by atoms with Crippen LogP contribution >= 0.6 is 11.6 Å². The number of hydrogen-bond acceptors (Lipinski definition) is 2. The predicted molar refractivity (Wildman–Crippen MR) is 120 cm³/mol. The minimum atomic E-state index is -0.600. The van der Waals surface area contributed by atoms with E-state index in [0.717, 1.165) is 12.0 Å². The van der Waals surface area contributed by atoms with Crippen LogP contribution in [0.2, 0.25) is 5.02 Å². The second-order valence-corrected chi connectivity index (χ2v) is 7.66. The summed E-state index contributed by atoms with van der Waals surface area (Å²) in [7, 11) is 0. The molecule has 3 aromatic carbocycles. The average molecular weight is 438 g/mol. The Morgan fingerprint density at radius 3 is 2.48 bits per heavy atom. The third kappa shape index (κ3) is 4.54. The fourth-order valence-electron chi connectivity index (χ4n) is 3.63. The maximum absolute atomic E-state index is 14.0.